The number of benzene rings is 2. The van der Waals surface area contributed by atoms with Gasteiger partial charge in [0.15, 0.2) is 5.17 Å². The molecule has 0 radical (unpaired) electrons. The first-order valence-corrected chi connectivity index (χ1v) is 11.2. The van der Waals surface area contributed by atoms with Crippen LogP contribution in [0.5, 0.6) is 0 Å². The first kappa shape index (κ1) is 20.7. The number of thioether (sulfide) groups is 1. The fraction of sp³-hybridized carbons (Fsp3) is 0.375. The zero-order chi connectivity index (χ0) is 21.4. The van der Waals surface area contributed by atoms with Crippen LogP contribution in [0.3, 0.4) is 0 Å². The molecule has 30 heavy (non-hydrogen) atoms. The van der Waals surface area contributed by atoms with Gasteiger partial charge in [-0.2, -0.15) is 0 Å². The third kappa shape index (κ3) is 4.29. The SMILES string of the molecule is Cc1ccc(C)c(N=C2S[C@H](CC(=O)Nc3c(C)cccc3C)C(=O)N2C2CC2)c1. The number of para-hydroxylation sites is 1. The van der Waals surface area contributed by atoms with Crippen LogP contribution in [0, 0.1) is 27.7 Å². The predicted molar refractivity (Wildman–Crippen MR) is 123 cm³/mol. The number of amidine groups is 1. The highest BCUT2D eigenvalue weighted by Crippen LogP contribution is 2.40. The Balaban J connectivity index is 1.54. The Bertz CT molecular complexity index is 1020. The molecule has 2 amide bonds. The number of amides is 2. The molecule has 2 aromatic rings. The molecule has 0 aromatic heterocycles. The van der Waals surface area contributed by atoms with E-state index in [-0.39, 0.29) is 24.3 Å². The van der Waals surface area contributed by atoms with E-state index < -0.39 is 5.25 Å². The van der Waals surface area contributed by atoms with Gasteiger partial charge in [-0.15, -0.1) is 0 Å². The van der Waals surface area contributed by atoms with Crippen molar-refractivity contribution in [1.29, 1.82) is 0 Å². The maximum atomic E-state index is 13.1. The molecule has 1 saturated heterocycles. The Morgan fingerprint density at radius 2 is 1.80 bits per heavy atom. The number of rotatable bonds is 5. The van der Waals surface area contributed by atoms with Crippen molar-refractivity contribution in [3.05, 3.63) is 58.7 Å². The largest absolute Gasteiger partial charge is 0.326 e. The van der Waals surface area contributed by atoms with Crippen LogP contribution in [0.1, 0.15) is 41.5 Å². The van der Waals surface area contributed by atoms with Gasteiger partial charge in [-0.3, -0.25) is 14.5 Å². The first-order valence-electron chi connectivity index (χ1n) is 10.3. The maximum Gasteiger partial charge on any atom is 0.242 e. The second-order valence-corrected chi connectivity index (χ2v) is 9.42. The number of carbonyl (C=O) groups excluding carboxylic acids is 2. The number of nitrogens with zero attached hydrogens (tertiary/aromatic N) is 2. The van der Waals surface area contributed by atoms with Crippen LogP contribution in [0.4, 0.5) is 11.4 Å². The average Bonchev–Trinajstić information content (AvgIpc) is 3.47. The molecule has 1 aliphatic carbocycles. The molecule has 0 spiro atoms. The molecule has 5 nitrogen and oxygen atoms in total. The zero-order valence-electron chi connectivity index (χ0n) is 17.9. The summed E-state index contributed by atoms with van der Waals surface area (Å²) in [6.45, 7) is 8.01. The number of aryl methyl sites for hydroxylation is 4. The van der Waals surface area contributed by atoms with E-state index in [0.29, 0.717) is 0 Å². The summed E-state index contributed by atoms with van der Waals surface area (Å²) >= 11 is 1.42. The summed E-state index contributed by atoms with van der Waals surface area (Å²) in [5, 5.41) is 3.30. The molecule has 1 saturated carbocycles. The second-order valence-electron chi connectivity index (χ2n) is 8.25. The fourth-order valence-corrected chi connectivity index (χ4v) is 4.88. The molecule has 1 heterocycles. The third-order valence-corrected chi connectivity index (χ3v) is 6.73. The number of aliphatic imine (C=N–C) groups is 1. The minimum atomic E-state index is -0.432. The normalized spacial score (nSPS) is 20.1. The van der Waals surface area contributed by atoms with Gasteiger partial charge >= 0.3 is 0 Å². The molecule has 0 bridgehead atoms. The van der Waals surface area contributed by atoms with E-state index in [9.17, 15) is 9.59 Å². The van der Waals surface area contributed by atoms with Gasteiger partial charge in [0.2, 0.25) is 11.8 Å². The third-order valence-electron chi connectivity index (χ3n) is 5.58. The lowest BCUT2D eigenvalue weighted by atomic mass is 10.1. The predicted octanol–water partition coefficient (Wildman–Crippen LogP) is 5.04. The van der Waals surface area contributed by atoms with Crippen molar-refractivity contribution in [1.82, 2.24) is 4.90 Å². The number of hydrogen-bond acceptors (Lipinski definition) is 4. The quantitative estimate of drug-likeness (QED) is 0.735. The van der Waals surface area contributed by atoms with Crippen molar-refractivity contribution >= 4 is 40.1 Å². The Labute approximate surface area is 182 Å². The van der Waals surface area contributed by atoms with E-state index in [2.05, 4.69) is 11.4 Å². The molecular weight excluding hydrogens is 394 g/mol. The maximum absolute atomic E-state index is 13.1. The smallest absolute Gasteiger partial charge is 0.242 e. The molecule has 4 rings (SSSR count). The van der Waals surface area contributed by atoms with Gasteiger partial charge in [-0.25, -0.2) is 4.99 Å². The van der Waals surface area contributed by atoms with Gasteiger partial charge in [-0.05, 0) is 68.9 Å². The number of nitrogens with one attached hydrogen (secondary N) is 1. The summed E-state index contributed by atoms with van der Waals surface area (Å²) in [6, 6.07) is 12.3. The highest BCUT2D eigenvalue weighted by atomic mass is 32.2. The van der Waals surface area contributed by atoms with Crippen LogP contribution in [-0.2, 0) is 9.59 Å². The van der Waals surface area contributed by atoms with E-state index in [1.807, 2.05) is 62.9 Å². The van der Waals surface area contributed by atoms with Crippen LogP contribution < -0.4 is 5.32 Å². The first-order chi connectivity index (χ1) is 14.3. The molecule has 2 aromatic carbocycles. The molecule has 2 aliphatic rings. The highest BCUT2D eigenvalue weighted by molar-refractivity contribution is 8.15. The minimum absolute atomic E-state index is 0.00297. The summed E-state index contributed by atoms with van der Waals surface area (Å²) in [6.07, 6.45) is 2.14. The highest BCUT2D eigenvalue weighted by Gasteiger charge is 2.46. The van der Waals surface area contributed by atoms with Crippen molar-refractivity contribution in [3.63, 3.8) is 0 Å². The van der Waals surface area contributed by atoms with E-state index >= 15 is 0 Å². The standard InChI is InChI=1S/C24H27N3O2S/c1-14-8-9-15(2)19(12-14)25-24-27(18-10-11-18)23(29)20(30-24)13-21(28)26-22-16(3)6-5-7-17(22)4/h5-9,12,18,20H,10-11,13H2,1-4H3,(H,26,28)/t20-/m1/s1. The van der Waals surface area contributed by atoms with Crippen LogP contribution >= 0.6 is 11.8 Å². The average molecular weight is 422 g/mol. The van der Waals surface area contributed by atoms with Crippen molar-refractivity contribution in [2.75, 3.05) is 5.32 Å². The Morgan fingerprint density at radius 3 is 2.47 bits per heavy atom. The fourth-order valence-electron chi connectivity index (χ4n) is 3.68. The number of hydrogen-bond donors (Lipinski definition) is 1. The lowest BCUT2D eigenvalue weighted by Crippen LogP contribution is -2.35. The van der Waals surface area contributed by atoms with Crippen molar-refractivity contribution < 1.29 is 9.59 Å². The topological polar surface area (TPSA) is 61.8 Å². The summed E-state index contributed by atoms with van der Waals surface area (Å²) in [4.78, 5) is 32.5. The second kappa shape index (κ2) is 8.26. The summed E-state index contributed by atoms with van der Waals surface area (Å²) in [5.74, 6) is -0.134. The van der Waals surface area contributed by atoms with Crippen LogP contribution in [-0.4, -0.2) is 33.2 Å². The molecule has 156 valence electrons. The number of anilines is 1. The lowest BCUT2D eigenvalue weighted by Gasteiger charge is -2.16. The van der Waals surface area contributed by atoms with Crippen LogP contribution in [0.25, 0.3) is 0 Å². The van der Waals surface area contributed by atoms with Gasteiger partial charge in [-0.1, -0.05) is 42.1 Å². The van der Waals surface area contributed by atoms with Crippen molar-refractivity contribution in [2.45, 2.75) is 58.2 Å². The summed E-state index contributed by atoms with van der Waals surface area (Å²) in [5.41, 5.74) is 5.97. The number of carbonyl (C=O) groups is 2. The van der Waals surface area contributed by atoms with Gasteiger partial charge in [0, 0.05) is 18.2 Å². The van der Waals surface area contributed by atoms with E-state index in [0.717, 1.165) is 51.6 Å². The molecule has 1 N–H and O–H groups in total. The van der Waals surface area contributed by atoms with Crippen LogP contribution in [0.15, 0.2) is 41.4 Å². The molecule has 1 atom stereocenters. The van der Waals surface area contributed by atoms with E-state index in [1.165, 1.54) is 11.8 Å². The van der Waals surface area contributed by atoms with Gasteiger partial charge < -0.3 is 5.32 Å². The molecule has 1 aliphatic heterocycles. The summed E-state index contributed by atoms with van der Waals surface area (Å²) in [7, 11) is 0. The molecular formula is C24H27N3O2S. The molecule has 6 heteroatoms. The summed E-state index contributed by atoms with van der Waals surface area (Å²) < 4.78 is 0. The molecule has 2 fully saturated rings. The molecule has 0 unspecified atom stereocenters. The van der Waals surface area contributed by atoms with Gasteiger partial charge in [0.05, 0.1) is 5.69 Å². The van der Waals surface area contributed by atoms with Gasteiger partial charge in [0.25, 0.3) is 0 Å². The van der Waals surface area contributed by atoms with Crippen molar-refractivity contribution in [3.8, 4) is 0 Å². The van der Waals surface area contributed by atoms with Crippen LogP contribution in [0.2, 0.25) is 0 Å². The lowest BCUT2D eigenvalue weighted by molar-refractivity contribution is -0.128. The Kier molecular flexibility index (Phi) is 5.69. The minimum Gasteiger partial charge on any atom is -0.326 e. The van der Waals surface area contributed by atoms with Crippen molar-refractivity contribution in [2.24, 2.45) is 4.99 Å². The monoisotopic (exact) mass is 421 g/mol. The van der Waals surface area contributed by atoms with Gasteiger partial charge in [0.1, 0.15) is 5.25 Å². The van der Waals surface area contributed by atoms with E-state index in [1.54, 1.807) is 0 Å². The zero-order valence-corrected chi connectivity index (χ0v) is 18.7. The Hall–Kier alpha value is -2.60. The van der Waals surface area contributed by atoms with E-state index in [4.69, 9.17) is 4.99 Å². The Morgan fingerprint density at radius 1 is 1.10 bits per heavy atom.